The molecule has 1 aromatic rings. The molecular formula is C9H7F3N2O. The van der Waals surface area contributed by atoms with E-state index in [4.69, 9.17) is 5.26 Å². The molecule has 0 amide bonds. The minimum atomic E-state index is -4.83. The van der Waals surface area contributed by atoms with Crippen molar-refractivity contribution in [1.82, 2.24) is 4.98 Å². The molecule has 1 rings (SSSR count). The molecule has 0 atom stereocenters. The maximum Gasteiger partial charge on any atom is 0.574 e. The fraction of sp³-hybridized carbons (Fsp3) is 0.333. The summed E-state index contributed by atoms with van der Waals surface area (Å²) in [6.45, 7) is 3.19. The third-order valence-electron chi connectivity index (χ3n) is 1.88. The van der Waals surface area contributed by atoms with Crippen molar-refractivity contribution in [2.24, 2.45) is 0 Å². The second-order valence-electron chi connectivity index (χ2n) is 2.91. The van der Waals surface area contributed by atoms with Gasteiger partial charge in [0.25, 0.3) is 0 Å². The van der Waals surface area contributed by atoms with Gasteiger partial charge in [0.2, 0.25) is 5.88 Å². The Labute approximate surface area is 84.1 Å². The number of hydrogen-bond acceptors (Lipinski definition) is 3. The van der Waals surface area contributed by atoms with Gasteiger partial charge in [0.05, 0.1) is 0 Å². The second kappa shape index (κ2) is 3.77. The van der Waals surface area contributed by atoms with Crippen molar-refractivity contribution >= 4 is 0 Å². The molecule has 0 saturated heterocycles. The fourth-order valence-corrected chi connectivity index (χ4v) is 0.993. The summed E-state index contributed by atoms with van der Waals surface area (Å²) in [5.74, 6) is -0.701. The largest absolute Gasteiger partial charge is 0.574 e. The van der Waals surface area contributed by atoms with Gasteiger partial charge in [-0.25, -0.2) is 4.98 Å². The van der Waals surface area contributed by atoms with Gasteiger partial charge < -0.3 is 4.74 Å². The van der Waals surface area contributed by atoms with Crippen molar-refractivity contribution < 1.29 is 17.9 Å². The van der Waals surface area contributed by atoms with E-state index in [9.17, 15) is 13.2 Å². The number of aryl methyl sites for hydroxylation is 1. The second-order valence-corrected chi connectivity index (χ2v) is 2.91. The third kappa shape index (κ3) is 2.59. The standard InChI is InChI=1S/C9H7F3N2O/c1-5-4-14-8(15-9(10,11)12)7(3-13)6(5)2/h4H,1-2H3. The first-order valence-electron chi connectivity index (χ1n) is 3.97. The number of halogens is 3. The monoisotopic (exact) mass is 216 g/mol. The molecule has 0 fully saturated rings. The molecule has 0 unspecified atom stereocenters. The summed E-state index contributed by atoms with van der Waals surface area (Å²) in [7, 11) is 0. The first kappa shape index (κ1) is 11.3. The zero-order chi connectivity index (χ0) is 11.6. The Kier molecular flexibility index (Phi) is 2.84. The average molecular weight is 216 g/mol. The molecule has 0 aliphatic carbocycles. The summed E-state index contributed by atoms with van der Waals surface area (Å²) in [5.41, 5.74) is 0.889. The quantitative estimate of drug-likeness (QED) is 0.724. The summed E-state index contributed by atoms with van der Waals surface area (Å²) in [4.78, 5) is 3.43. The molecular weight excluding hydrogens is 209 g/mol. The minimum absolute atomic E-state index is 0.188. The predicted octanol–water partition coefficient (Wildman–Crippen LogP) is 2.47. The molecule has 0 aliphatic rings. The molecule has 0 radical (unpaired) electrons. The van der Waals surface area contributed by atoms with Crippen molar-refractivity contribution in [3.05, 3.63) is 22.9 Å². The predicted molar refractivity (Wildman–Crippen MR) is 45.1 cm³/mol. The molecule has 15 heavy (non-hydrogen) atoms. The van der Waals surface area contributed by atoms with Crippen LogP contribution in [0, 0.1) is 25.2 Å². The normalized spacial score (nSPS) is 10.9. The van der Waals surface area contributed by atoms with Crippen LogP contribution in [0.5, 0.6) is 5.88 Å². The van der Waals surface area contributed by atoms with Gasteiger partial charge in [0.15, 0.2) is 0 Å². The van der Waals surface area contributed by atoms with Crippen LogP contribution in [-0.4, -0.2) is 11.3 Å². The van der Waals surface area contributed by atoms with Gasteiger partial charge in [-0.2, -0.15) is 5.26 Å². The Morgan fingerprint density at radius 1 is 1.40 bits per heavy atom. The van der Waals surface area contributed by atoms with Gasteiger partial charge in [-0.3, -0.25) is 0 Å². The molecule has 0 N–H and O–H groups in total. The zero-order valence-corrected chi connectivity index (χ0v) is 8.01. The Morgan fingerprint density at radius 2 is 2.00 bits per heavy atom. The molecule has 0 aliphatic heterocycles. The first-order chi connectivity index (χ1) is 6.85. The van der Waals surface area contributed by atoms with Crippen molar-refractivity contribution in [3.63, 3.8) is 0 Å². The van der Waals surface area contributed by atoms with Gasteiger partial charge in [-0.15, -0.1) is 13.2 Å². The molecule has 3 nitrogen and oxygen atoms in total. The summed E-state index contributed by atoms with van der Waals surface area (Å²) in [5, 5.41) is 8.68. The molecule has 0 bridgehead atoms. The van der Waals surface area contributed by atoms with Crippen LogP contribution in [0.2, 0.25) is 0 Å². The lowest BCUT2D eigenvalue weighted by molar-refractivity contribution is -0.276. The van der Waals surface area contributed by atoms with Gasteiger partial charge in [0.1, 0.15) is 11.6 Å². The van der Waals surface area contributed by atoms with Crippen molar-refractivity contribution in [3.8, 4) is 11.9 Å². The smallest absolute Gasteiger partial charge is 0.386 e. The summed E-state index contributed by atoms with van der Waals surface area (Å²) >= 11 is 0. The average Bonchev–Trinajstić information content (AvgIpc) is 2.10. The van der Waals surface area contributed by atoms with E-state index in [1.165, 1.54) is 6.20 Å². The van der Waals surface area contributed by atoms with Crippen LogP contribution in [0.4, 0.5) is 13.2 Å². The SMILES string of the molecule is Cc1cnc(OC(F)(F)F)c(C#N)c1C. The van der Waals surface area contributed by atoms with E-state index in [-0.39, 0.29) is 5.56 Å². The molecule has 80 valence electrons. The van der Waals surface area contributed by atoms with Gasteiger partial charge in [0, 0.05) is 6.20 Å². The number of rotatable bonds is 1. The Morgan fingerprint density at radius 3 is 2.47 bits per heavy atom. The van der Waals surface area contributed by atoms with Gasteiger partial charge in [-0.05, 0) is 25.0 Å². The maximum atomic E-state index is 11.9. The number of ether oxygens (including phenoxy) is 1. The molecule has 0 saturated carbocycles. The Balaban J connectivity index is 3.21. The topological polar surface area (TPSA) is 45.9 Å². The summed E-state index contributed by atoms with van der Waals surface area (Å²) in [6.07, 6.45) is -3.60. The molecule has 1 aromatic heterocycles. The molecule has 1 heterocycles. The molecule has 6 heteroatoms. The minimum Gasteiger partial charge on any atom is -0.386 e. The number of aromatic nitrogens is 1. The number of alkyl halides is 3. The highest BCUT2D eigenvalue weighted by Crippen LogP contribution is 2.26. The fourth-order valence-electron chi connectivity index (χ4n) is 0.993. The summed E-state index contributed by atoms with van der Waals surface area (Å²) < 4.78 is 39.4. The van der Waals surface area contributed by atoms with Crippen molar-refractivity contribution in [2.45, 2.75) is 20.2 Å². The lowest BCUT2D eigenvalue weighted by Crippen LogP contribution is -2.19. The van der Waals surface area contributed by atoms with Gasteiger partial charge >= 0.3 is 6.36 Å². The zero-order valence-electron chi connectivity index (χ0n) is 8.01. The van der Waals surface area contributed by atoms with E-state index < -0.39 is 12.2 Å². The highest BCUT2D eigenvalue weighted by atomic mass is 19.4. The summed E-state index contributed by atoms with van der Waals surface area (Å²) in [6, 6.07) is 1.64. The van der Waals surface area contributed by atoms with E-state index in [2.05, 4.69) is 9.72 Å². The van der Waals surface area contributed by atoms with E-state index in [1.807, 2.05) is 0 Å². The first-order valence-corrected chi connectivity index (χ1v) is 3.97. The lowest BCUT2D eigenvalue weighted by atomic mass is 10.1. The van der Waals surface area contributed by atoms with Crippen LogP contribution in [0.25, 0.3) is 0 Å². The molecule has 0 spiro atoms. The lowest BCUT2D eigenvalue weighted by Gasteiger charge is -2.11. The van der Waals surface area contributed by atoms with Gasteiger partial charge in [-0.1, -0.05) is 0 Å². The number of nitriles is 1. The van der Waals surface area contributed by atoms with Crippen LogP contribution >= 0.6 is 0 Å². The third-order valence-corrected chi connectivity index (χ3v) is 1.88. The maximum absolute atomic E-state index is 11.9. The number of nitrogens with zero attached hydrogens (tertiary/aromatic N) is 2. The van der Waals surface area contributed by atoms with Crippen LogP contribution in [-0.2, 0) is 0 Å². The van der Waals surface area contributed by atoms with E-state index in [0.29, 0.717) is 11.1 Å². The Hall–Kier alpha value is -1.77. The highest BCUT2D eigenvalue weighted by Gasteiger charge is 2.33. The van der Waals surface area contributed by atoms with Crippen molar-refractivity contribution in [2.75, 3.05) is 0 Å². The number of hydrogen-bond donors (Lipinski definition) is 0. The highest BCUT2D eigenvalue weighted by molar-refractivity contribution is 5.47. The van der Waals surface area contributed by atoms with Crippen LogP contribution in [0.1, 0.15) is 16.7 Å². The van der Waals surface area contributed by atoms with E-state index in [1.54, 1.807) is 19.9 Å². The van der Waals surface area contributed by atoms with E-state index in [0.717, 1.165) is 0 Å². The number of pyridine rings is 1. The van der Waals surface area contributed by atoms with Crippen LogP contribution in [0.3, 0.4) is 0 Å². The van der Waals surface area contributed by atoms with E-state index >= 15 is 0 Å². The van der Waals surface area contributed by atoms with Crippen LogP contribution in [0.15, 0.2) is 6.20 Å². The Bertz CT molecular complexity index is 421. The van der Waals surface area contributed by atoms with Crippen LogP contribution < -0.4 is 4.74 Å². The molecule has 0 aromatic carbocycles. The van der Waals surface area contributed by atoms with Crippen molar-refractivity contribution in [1.29, 1.82) is 5.26 Å².